The molecule has 2 aromatic rings. The van der Waals surface area contributed by atoms with Gasteiger partial charge in [-0.25, -0.2) is 4.79 Å². The van der Waals surface area contributed by atoms with Crippen molar-refractivity contribution in [3.05, 3.63) is 58.1 Å². The number of benzene rings is 2. The van der Waals surface area contributed by atoms with Crippen LogP contribution < -0.4 is 20.1 Å². The Morgan fingerprint density at radius 2 is 1.72 bits per heavy atom. The molecule has 0 aromatic heterocycles. The molecule has 0 saturated carbocycles. The third kappa shape index (κ3) is 5.26. The number of urea groups is 1. The minimum Gasteiger partial charge on any atom is -0.494 e. The molecule has 1 heterocycles. The predicted molar refractivity (Wildman–Crippen MR) is 120 cm³/mol. The largest absolute Gasteiger partial charge is 0.494 e. The van der Waals surface area contributed by atoms with Gasteiger partial charge in [0.2, 0.25) is 5.91 Å². The van der Waals surface area contributed by atoms with Gasteiger partial charge in [-0.05, 0) is 55.8 Å². The number of hydrogen-bond acceptors (Lipinski definition) is 5. The number of halogens is 2. The first-order chi connectivity index (χ1) is 15.2. The van der Waals surface area contributed by atoms with Crippen LogP contribution in [-0.4, -0.2) is 49.0 Å². The maximum Gasteiger partial charge on any atom is 0.325 e. The van der Waals surface area contributed by atoms with E-state index in [0.717, 1.165) is 10.6 Å². The van der Waals surface area contributed by atoms with Gasteiger partial charge in [0, 0.05) is 0 Å². The highest BCUT2D eigenvalue weighted by molar-refractivity contribution is 6.42. The quantitative estimate of drug-likeness (QED) is 0.424. The third-order valence-corrected chi connectivity index (χ3v) is 5.64. The topological polar surface area (TPSA) is 97.0 Å². The summed E-state index contributed by atoms with van der Waals surface area (Å²) in [5, 5.41) is 5.85. The number of amides is 4. The van der Waals surface area contributed by atoms with E-state index in [-0.39, 0.29) is 18.2 Å². The van der Waals surface area contributed by atoms with Crippen molar-refractivity contribution in [1.29, 1.82) is 0 Å². The van der Waals surface area contributed by atoms with E-state index in [1.54, 1.807) is 43.3 Å². The number of carbonyl (C=O) groups is 3. The van der Waals surface area contributed by atoms with Crippen LogP contribution in [0.1, 0.15) is 19.4 Å². The van der Waals surface area contributed by atoms with E-state index in [1.807, 2.05) is 6.92 Å². The zero-order valence-electron chi connectivity index (χ0n) is 17.6. The van der Waals surface area contributed by atoms with E-state index >= 15 is 0 Å². The first kappa shape index (κ1) is 23.7. The Morgan fingerprint density at radius 3 is 2.34 bits per heavy atom. The Balaban J connectivity index is 1.50. The van der Waals surface area contributed by atoms with Crippen molar-refractivity contribution in [2.45, 2.75) is 19.4 Å². The summed E-state index contributed by atoms with van der Waals surface area (Å²) in [6, 6.07) is 11.1. The molecule has 0 aliphatic carbocycles. The summed E-state index contributed by atoms with van der Waals surface area (Å²) in [7, 11) is 0. The minimum atomic E-state index is -1.34. The Kier molecular flexibility index (Phi) is 7.48. The molecule has 170 valence electrons. The van der Waals surface area contributed by atoms with Crippen molar-refractivity contribution in [2.24, 2.45) is 0 Å². The number of carbonyl (C=O) groups excluding carboxylic acids is 3. The lowest BCUT2D eigenvalue weighted by Gasteiger charge is -2.22. The zero-order chi connectivity index (χ0) is 23.3. The number of rotatable bonds is 9. The normalized spacial score (nSPS) is 17.8. The summed E-state index contributed by atoms with van der Waals surface area (Å²) < 4.78 is 10.9. The fraction of sp³-hybridized carbons (Fsp3) is 0.318. The lowest BCUT2D eigenvalue weighted by Crippen LogP contribution is -2.43. The molecule has 8 nitrogen and oxygen atoms in total. The Bertz CT molecular complexity index is 1020. The fourth-order valence-corrected chi connectivity index (χ4v) is 3.50. The summed E-state index contributed by atoms with van der Waals surface area (Å²) in [6.45, 7) is 4.05. The van der Waals surface area contributed by atoms with Crippen LogP contribution in [0, 0.1) is 0 Å². The number of hydrogen-bond donors (Lipinski definition) is 2. The average molecular weight is 480 g/mol. The van der Waals surface area contributed by atoms with Crippen LogP contribution >= 0.6 is 23.2 Å². The van der Waals surface area contributed by atoms with Gasteiger partial charge in [0.15, 0.2) is 0 Å². The molecule has 2 N–H and O–H groups in total. The number of imide groups is 1. The van der Waals surface area contributed by atoms with Gasteiger partial charge in [-0.2, -0.15) is 0 Å². The van der Waals surface area contributed by atoms with Crippen LogP contribution in [-0.2, 0) is 15.1 Å². The second kappa shape index (κ2) is 10.1. The van der Waals surface area contributed by atoms with Crippen LogP contribution in [0.4, 0.5) is 4.79 Å². The molecule has 1 aliphatic heterocycles. The van der Waals surface area contributed by atoms with Crippen molar-refractivity contribution in [2.75, 3.05) is 26.3 Å². The molecule has 0 bridgehead atoms. The lowest BCUT2D eigenvalue weighted by atomic mass is 9.92. The molecule has 1 aliphatic rings. The molecule has 1 unspecified atom stereocenters. The molecule has 0 spiro atoms. The Morgan fingerprint density at radius 1 is 1.06 bits per heavy atom. The fourth-order valence-electron chi connectivity index (χ4n) is 3.20. The molecule has 4 amide bonds. The van der Waals surface area contributed by atoms with E-state index in [4.69, 9.17) is 32.7 Å². The highest BCUT2D eigenvalue weighted by atomic mass is 35.5. The zero-order valence-corrected chi connectivity index (χ0v) is 19.1. The van der Waals surface area contributed by atoms with E-state index < -0.39 is 29.9 Å². The van der Waals surface area contributed by atoms with E-state index in [9.17, 15) is 14.4 Å². The minimum absolute atomic E-state index is 0.208. The van der Waals surface area contributed by atoms with Gasteiger partial charge in [0.1, 0.15) is 30.2 Å². The maximum atomic E-state index is 12.9. The summed E-state index contributed by atoms with van der Waals surface area (Å²) in [6.07, 6.45) is 0. The molecular weight excluding hydrogens is 457 g/mol. The highest BCUT2D eigenvalue weighted by Crippen LogP contribution is 2.32. The molecule has 0 radical (unpaired) electrons. The molecule has 32 heavy (non-hydrogen) atoms. The number of ether oxygens (including phenoxy) is 2. The van der Waals surface area contributed by atoms with Gasteiger partial charge in [0.05, 0.1) is 23.2 Å². The molecule has 3 rings (SSSR count). The summed E-state index contributed by atoms with van der Waals surface area (Å²) >= 11 is 12.0. The smallest absolute Gasteiger partial charge is 0.325 e. The van der Waals surface area contributed by atoms with E-state index in [2.05, 4.69) is 10.6 Å². The Hall–Kier alpha value is -2.97. The van der Waals surface area contributed by atoms with Crippen LogP contribution in [0.3, 0.4) is 0 Å². The third-order valence-electron chi connectivity index (χ3n) is 4.90. The lowest BCUT2D eigenvalue weighted by molar-refractivity contribution is -0.134. The summed E-state index contributed by atoms with van der Waals surface area (Å²) in [4.78, 5) is 38.4. The monoisotopic (exact) mass is 479 g/mol. The molecule has 1 atom stereocenters. The van der Waals surface area contributed by atoms with Gasteiger partial charge in [-0.1, -0.05) is 29.3 Å². The van der Waals surface area contributed by atoms with Crippen molar-refractivity contribution in [1.82, 2.24) is 15.5 Å². The molecule has 2 aromatic carbocycles. The van der Waals surface area contributed by atoms with E-state index in [0.29, 0.717) is 22.9 Å². The second-order valence-corrected chi connectivity index (χ2v) is 7.99. The van der Waals surface area contributed by atoms with Gasteiger partial charge in [-0.3, -0.25) is 14.5 Å². The Labute approximate surface area is 195 Å². The van der Waals surface area contributed by atoms with Crippen molar-refractivity contribution in [3.63, 3.8) is 0 Å². The van der Waals surface area contributed by atoms with Crippen molar-refractivity contribution < 1.29 is 23.9 Å². The number of nitrogens with zero attached hydrogens (tertiary/aromatic N) is 1. The molecule has 10 heteroatoms. The maximum absolute atomic E-state index is 12.9. The SMILES string of the molecule is CCOc1ccc(OCCNC(=O)CN2C(=O)NC(C)(c3ccc(Cl)c(Cl)c3)C2=O)cc1. The van der Waals surface area contributed by atoms with Crippen LogP contribution in [0.2, 0.25) is 10.0 Å². The van der Waals surface area contributed by atoms with Gasteiger partial charge >= 0.3 is 6.03 Å². The van der Waals surface area contributed by atoms with Crippen molar-refractivity contribution in [3.8, 4) is 11.5 Å². The van der Waals surface area contributed by atoms with E-state index in [1.165, 1.54) is 6.07 Å². The van der Waals surface area contributed by atoms with Crippen LogP contribution in [0.15, 0.2) is 42.5 Å². The van der Waals surface area contributed by atoms with Crippen LogP contribution in [0.25, 0.3) is 0 Å². The van der Waals surface area contributed by atoms with Gasteiger partial charge in [0.25, 0.3) is 5.91 Å². The second-order valence-electron chi connectivity index (χ2n) is 7.18. The summed E-state index contributed by atoms with van der Waals surface area (Å²) in [5.41, 5.74) is -0.876. The van der Waals surface area contributed by atoms with Gasteiger partial charge < -0.3 is 20.1 Å². The number of nitrogens with one attached hydrogen (secondary N) is 2. The molecule has 1 saturated heterocycles. The standard InChI is InChI=1S/C22H23Cl2N3O5/c1-3-31-15-5-7-16(8-6-15)32-11-10-25-19(28)13-27-20(29)22(2,26-21(27)30)14-4-9-17(23)18(24)12-14/h4-9,12H,3,10-11,13H2,1-2H3,(H,25,28)(H,26,30). The van der Waals surface area contributed by atoms with Crippen LogP contribution in [0.5, 0.6) is 11.5 Å². The average Bonchev–Trinajstić information content (AvgIpc) is 2.98. The first-order valence-corrected chi connectivity index (χ1v) is 10.7. The van der Waals surface area contributed by atoms with Crippen molar-refractivity contribution >= 4 is 41.0 Å². The highest BCUT2D eigenvalue weighted by Gasteiger charge is 2.49. The summed E-state index contributed by atoms with van der Waals surface area (Å²) in [5.74, 6) is 0.340. The van der Waals surface area contributed by atoms with Gasteiger partial charge in [-0.15, -0.1) is 0 Å². The predicted octanol–water partition coefficient (Wildman–Crippen LogP) is 3.35. The first-order valence-electron chi connectivity index (χ1n) is 9.96. The molecular formula is C22H23Cl2N3O5. The molecule has 1 fully saturated rings.